The van der Waals surface area contributed by atoms with E-state index in [0.29, 0.717) is 22.0 Å². The zero-order valence-electron chi connectivity index (χ0n) is 15.1. The minimum absolute atomic E-state index is 0.0631. The summed E-state index contributed by atoms with van der Waals surface area (Å²) < 4.78 is 5.09. The first kappa shape index (κ1) is 19.0. The summed E-state index contributed by atoms with van der Waals surface area (Å²) >= 11 is 6.05. The van der Waals surface area contributed by atoms with Gasteiger partial charge in [-0.3, -0.25) is 9.59 Å². The van der Waals surface area contributed by atoms with Gasteiger partial charge in [-0.1, -0.05) is 11.6 Å². The van der Waals surface area contributed by atoms with E-state index >= 15 is 0 Å². The third kappa shape index (κ3) is 4.92. The van der Waals surface area contributed by atoms with Crippen LogP contribution in [0, 0.1) is 0 Å². The fraction of sp³-hybridized carbons (Fsp3) is 0.300. The number of anilines is 2. The molecule has 0 unspecified atom stereocenters. The molecule has 1 aliphatic heterocycles. The molecule has 1 heterocycles. The Hall–Kier alpha value is -2.73. The summed E-state index contributed by atoms with van der Waals surface area (Å²) in [6, 6.07) is 12.2. The second-order valence-electron chi connectivity index (χ2n) is 6.33. The lowest BCUT2D eigenvalue weighted by atomic mass is 10.2. The van der Waals surface area contributed by atoms with Gasteiger partial charge in [-0.2, -0.15) is 0 Å². The van der Waals surface area contributed by atoms with Crippen molar-refractivity contribution in [2.24, 2.45) is 0 Å². The van der Waals surface area contributed by atoms with Gasteiger partial charge < -0.3 is 20.3 Å². The van der Waals surface area contributed by atoms with Crippen LogP contribution in [0.4, 0.5) is 11.4 Å². The summed E-state index contributed by atoms with van der Waals surface area (Å²) in [5.74, 6) is 0.415. The molecule has 0 saturated carbocycles. The maximum absolute atomic E-state index is 12.3. The Morgan fingerprint density at radius 1 is 1.07 bits per heavy atom. The van der Waals surface area contributed by atoms with Crippen LogP contribution < -0.4 is 15.4 Å². The minimum atomic E-state index is -0.201. The van der Waals surface area contributed by atoms with Crippen LogP contribution in [0.15, 0.2) is 42.5 Å². The molecule has 2 aromatic rings. The van der Waals surface area contributed by atoms with Crippen LogP contribution >= 0.6 is 11.6 Å². The lowest BCUT2D eigenvalue weighted by Crippen LogP contribution is -2.27. The van der Waals surface area contributed by atoms with Gasteiger partial charge in [0.25, 0.3) is 5.91 Å². The van der Waals surface area contributed by atoms with E-state index in [-0.39, 0.29) is 18.4 Å². The van der Waals surface area contributed by atoms with Crippen molar-refractivity contribution in [2.45, 2.75) is 12.8 Å². The zero-order chi connectivity index (χ0) is 19.2. The van der Waals surface area contributed by atoms with E-state index in [1.165, 1.54) is 7.11 Å². The molecule has 0 bridgehead atoms. The number of likely N-dealkylation sites (tertiary alicyclic amines) is 1. The van der Waals surface area contributed by atoms with E-state index in [2.05, 4.69) is 10.6 Å². The first-order valence-corrected chi connectivity index (χ1v) is 9.21. The third-order valence-electron chi connectivity index (χ3n) is 4.41. The van der Waals surface area contributed by atoms with Crippen LogP contribution in [0.1, 0.15) is 23.2 Å². The standard InChI is InChI=1S/C20H22ClN3O3/c1-27-18-9-8-16(12-17(18)21)23-19(25)13-22-15-6-4-14(5-7-15)20(26)24-10-2-3-11-24/h4-9,12,22H,2-3,10-11,13H2,1H3,(H,23,25). The number of hydrogen-bond acceptors (Lipinski definition) is 4. The van der Waals surface area contributed by atoms with Crippen molar-refractivity contribution in [1.82, 2.24) is 4.90 Å². The van der Waals surface area contributed by atoms with Crippen molar-refractivity contribution >= 4 is 34.8 Å². The van der Waals surface area contributed by atoms with Crippen LogP contribution in [0.25, 0.3) is 0 Å². The van der Waals surface area contributed by atoms with Crippen molar-refractivity contribution < 1.29 is 14.3 Å². The maximum Gasteiger partial charge on any atom is 0.253 e. The number of halogens is 1. The van der Waals surface area contributed by atoms with Gasteiger partial charge >= 0.3 is 0 Å². The molecule has 7 heteroatoms. The summed E-state index contributed by atoms with van der Waals surface area (Å²) in [6.45, 7) is 1.76. The number of nitrogens with zero attached hydrogens (tertiary/aromatic N) is 1. The second-order valence-corrected chi connectivity index (χ2v) is 6.73. The minimum Gasteiger partial charge on any atom is -0.495 e. The van der Waals surface area contributed by atoms with Gasteiger partial charge in [0.15, 0.2) is 0 Å². The molecular formula is C20H22ClN3O3. The lowest BCUT2D eigenvalue weighted by Gasteiger charge is -2.15. The SMILES string of the molecule is COc1ccc(NC(=O)CNc2ccc(C(=O)N3CCCC3)cc2)cc1Cl. The normalized spacial score (nSPS) is 13.3. The molecule has 2 amide bonds. The van der Waals surface area contributed by atoms with Crippen molar-refractivity contribution in [3.63, 3.8) is 0 Å². The summed E-state index contributed by atoms with van der Waals surface area (Å²) in [5.41, 5.74) is 2.04. The molecule has 2 aromatic carbocycles. The molecule has 2 N–H and O–H groups in total. The third-order valence-corrected chi connectivity index (χ3v) is 4.71. The Labute approximate surface area is 163 Å². The van der Waals surface area contributed by atoms with Gasteiger partial charge in [-0.15, -0.1) is 0 Å². The smallest absolute Gasteiger partial charge is 0.253 e. The second kappa shape index (κ2) is 8.77. The molecule has 1 fully saturated rings. The van der Waals surface area contributed by atoms with Gasteiger partial charge in [0, 0.05) is 30.0 Å². The molecule has 3 rings (SSSR count). The molecule has 0 aromatic heterocycles. The van der Waals surface area contributed by atoms with Crippen LogP contribution in [-0.2, 0) is 4.79 Å². The van der Waals surface area contributed by atoms with Crippen LogP contribution in [0.3, 0.4) is 0 Å². The number of rotatable bonds is 6. The van der Waals surface area contributed by atoms with Gasteiger partial charge in [-0.05, 0) is 55.3 Å². The van der Waals surface area contributed by atoms with Crippen molar-refractivity contribution in [2.75, 3.05) is 37.4 Å². The van der Waals surface area contributed by atoms with Gasteiger partial charge in [-0.25, -0.2) is 0 Å². The molecular weight excluding hydrogens is 366 g/mol. The highest BCUT2D eigenvalue weighted by Gasteiger charge is 2.19. The average Bonchev–Trinajstić information content (AvgIpc) is 3.21. The number of carbonyl (C=O) groups is 2. The number of ether oxygens (including phenoxy) is 1. The van der Waals surface area contributed by atoms with Crippen LogP contribution in [0.5, 0.6) is 5.75 Å². The number of nitrogens with one attached hydrogen (secondary N) is 2. The average molecular weight is 388 g/mol. The Morgan fingerprint density at radius 2 is 1.74 bits per heavy atom. The Bertz CT molecular complexity index is 818. The number of hydrogen-bond donors (Lipinski definition) is 2. The highest BCUT2D eigenvalue weighted by Crippen LogP contribution is 2.27. The van der Waals surface area contributed by atoms with Crippen molar-refractivity contribution in [1.29, 1.82) is 0 Å². The van der Waals surface area contributed by atoms with E-state index in [1.807, 2.05) is 4.90 Å². The van der Waals surface area contributed by atoms with Gasteiger partial charge in [0.05, 0.1) is 18.7 Å². The maximum atomic E-state index is 12.3. The summed E-state index contributed by atoms with van der Waals surface area (Å²) in [6.07, 6.45) is 2.14. The zero-order valence-corrected chi connectivity index (χ0v) is 15.9. The molecule has 0 atom stereocenters. The fourth-order valence-corrected chi connectivity index (χ4v) is 3.22. The van der Waals surface area contributed by atoms with Crippen LogP contribution in [0.2, 0.25) is 5.02 Å². The number of methoxy groups -OCH3 is 1. The summed E-state index contributed by atoms with van der Waals surface area (Å²) in [5, 5.41) is 6.24. The summed E-state index contributed by atoms with van der Waals surface area (Å²) in [4.78, 5) is 26.3. The molecule has 27 heavy (non-hydrogen) atoms. The highest BCUT2D eigenvalue weighted by atomic mass is 35.5. The van der Waals surface area contributed by atoms with Gasteiger partial charge in [0.1, 0.15) is 5.75 Å². The van der Waals surface area contributed by atoms with E-state index in [1.54, 1.807) is 42.5 Å². The number of carbonyl (C=O) groups excluding carboxylic acids is 2. The molecule has 1 aliphatic rings. The van der Waals surface area contributed by atoms with Crippen LogP contribution in [-0.4, -0.2) is 43.5 Å². The Morgan fingerprint density at radius 3 is 2.37 bits per heavy atom. The Balaban J connectivity index is 1.51. The summed E-state index contributed by atoms with van der Waals surface area (Å²) in [7, 11) is 1.54. The fourth-order valence-electron chi connectivity index (χ4n) is 2.97. The first-order chi connectivity index (χ1) is 13.1. The monoisotopic (exact) mass is 387 g/mol. The van der Waals surface area contributed by atoms with Gasteiger partial charge in [0.2, 0.25) is 5.91 Å². The number of benzene rings is 2. The van der Waals surface area contributed by atoms with E-state index in [0.717, 1.165) is 31.6 Å². The molecule has 6 nitrogen and oxygen atoms in total. The molecule has 0 aliphatic carbocycles. The topological polar surface area (TPSA) is 70.7 Å². The Kier molecular flexibility index (Phi) is 6.19. The molecule has 0 radical (unpaired) electrons. The van der Waals surface area contributed by atoms with Crippen molar-refractivity contribution in [3.8, 4) is 5.75 Å². The first-order valence-electron chi connectivity index (χ1n) is 8.83. The lowest BCUT2D eigenvalue weighted by molar-refractivity contribution is -0.114. The quantitative estimate of drug-likeness (QED) is 0.794. The molecule has 0 spiro atoms. The van der Waals surface area contributed by atoms with E-state index < -0.39 is 0 Å². The highest BCUT2D eigenvalue weighted by molar-refractivity contribution is 6.32. The van der Waals surface area contributed by atoms with E-state index in [4.69, 9.17) is 16.3 Å². The predicted octanol–water partition coefficient (Wildman–Crippen LogP) is 3.64. The van der Waals surface area contributed by atoms with E-state index in [9.17, 15) is 9.59 Å². The largest absolute Gasteiger partial charge is 0.495 e. The van der Waals surface area contributed by atoms with Crippen molar-refractivity contribution in [3.05, 3.63) is 53.1 Å². The molecule has 1 saturated heterocycles. The molecule has 142 valence electrons. The number of amides is 2. The predicted molar refractivity (Wildman–Crippen MR) is 107 cm³/mol.